The summed E-state index contributed by atoms with van der Waals surface area (Å²) in [4.78, 5) is 26.7. The fourth-order valence-corrected chi connectivity index (χ4v) is 1.74. The molecule has 1 aliphatic heterocycles. The zero-order valence-corrected chi connectivity index (χ0v) is 9.52. The number of nitrogens with zero attached hydrogens (tertiary/aromatic N) is 2. The molecule has 0 saturated carbocycles. The maximum Gasteiger partial charge on any atom is 0.307 e. The van der Waals surface area contributed by atoms with Crippen LogP contribution in [0.25, 0.3) is 0 Å². The van der Waals surface area contributed by atoms with Crippen LogP contribution in [0.3, 0.4) is 0 Å². The lowest BCUT2D eigenvalue weighted by molar-refractivity contribution is -0.150. The molecule has 5 heteroatoms. The van der Waals surface area contributed by atoms with E-state index >= 15 is 0 Å². The normalized spacial score (nSPS) is 23.0. The summed E-state index contributed by atoms with van der Waals surface area (Å²) in [6, 6.07) is -0.355. The highest BCUT2D eigenvalue weighted by Crippen LogP contribution is 2.12. The van der Waals surface area contributed by atoms with Crippen molar-refractivity contribution in [2.45, 2.75) is 19.4 Å². The molecule has 0 radical (unpaired) electrons. The predicted octanol–water partition coefficient (Wildman–Crippen LogP) is -0.288. The summed E-state index contributed by atoms with van der Waals surface area (Å²) in [5, 5.41) is 0. The molecule has 0 spiro atoms. The molecule has 1 unspecified atom stereocenters. The first-order chi connectivity index (χ1) is 7.10. The Balaban J connectivity index is 2.65. The van der Waals surface area contributed by atoms with Gasteiger partial charge in [0.25, 0.3) is 0 Å². The van der Waals surface area contributed by atoms with Gasteiger partial charge < -0.3 is 9.64 Å². The molecule has 0 aromatic carbocycles. The molecule has 1 fully saturated rings. The Labute approximate surface area is 90.0 Å². The summed E-state index contributed by atoms with van der Waals surface area (Å²) in [6.45, 7) is 4.19. The number of carbonyl (C=O) groups excluding carboxylic acids is 2. The first kappa shape index (κ1) is 12.0. The Hall–Kier alpha value is -1.10. The van der Waals surface area contributed by atoms with Crippen LogP contribution in [0.5, 0.6) is 0 Å². The van der Waals surface area contributed by atoms with Crippen LogP contribution >= 0.6 is 0 Å². The van der Waals surface area contributed by atoms with Crippen LogP contribution in [0.4, 0.5) is 0 Å². The number of likely N-dealkylation sites (N-methyl/N-ethyl adjacent to an activating group) is 2. The Morgan fingerprint density at radius 3 is 2.73 bits per heavy atom. The van der Waals surface area contributed by atoms with Gasteiger partial charge in [0.15, 0.2) is 0 Å². The van der Waals surface area contributed by atoms with E-state index in [9.17, 15) is 9.59 Å². The Bertz CT molecular complexity index is 255. The summed E-state index contributed by atoms with van der Waals surface area (Å²) in [5.74, 6) is -0.310. The maximum absolute atomic E-state index is 11.9. The standard InChI is InChI=1S/C10H18N2O3/c1-4-12-6-5-11(2)8(10(12)14)7-9(13)15-3/h8H,4-7H2,1-3H3. The van der Waals surface area contributed by atoms with Crippen molar-refractivity contribution in [2.75, 3.05) is 33.8 Å². The minimum absolute atomic E-state index is 0.0247. The van der Waals surface area contributed by atoms with Crippen LogP contribution in [-0.4, -0.2) is 61.5 Å². The zero-order valence-electron chi connectivity index (χ0n) is 9.52. The third-order valence-corrected chi connectivity index (χ3v) is 2.82. The van der Waals surface area contributed by atoms with Gasteiger partial charge in [0.2, 0.25) is 5.91 Å². The van der Waals surface area contributed by atoms with Gasteiger partial charge in [-0.05, 0) is 14.0 Å². The molecular weight excluding hydrogens is 196 g/mol. The van der Waals surface area contributed by atoms with Gasteiger partial charge in [-0.15, -0.1) is 0 Å². The monoisotopic (exact) mass is 214 g/mol. The quantitative estimate of drug-likeness (QED) is 0.606. The number of hydrogen-bond donors (Lipinski definition) is 0. The first-order valence-corrected chi connectivity index (χ1v) is 5.16. The molecule has 1 saturated heterocycles. The van der Waals surface area contributed by atoms with Crippen LogP contribution in [0.1, 0.15) is 13.3 Å². The highest BCUT2D eigenvalue weighted by Gasteiger charge is 2.33. The lowest BCUT2D eigenvalue weighted by atomic mass is 10.1. The van der Waals surface area contributed by atoms with Crippen LogP contribution in [0.15, 0.2) is 0 Å². The highest BCUT2D eigenvalue weighted by atomic mass is 16.5. The van der Waals surface area contributed by atoms with Crippen molar-refractivity contribution in [3.8, 4) is 0 Å². The van der Waals surface area contributed by atoms with E-state index in [1.54, 1.807) is 4.90 Å². The number of esters is 1. The van der Waals surface area contributed by atoms with Crippen molar-refractivity contribution in [1.82, 2.24) is 9.80 Å². The van der Waals surface area contributed by atoms with Gasteiger partial charge in [-0.25, -0.2) is 0 Å². The SMILES string of the molecule is CCN1CCN(C)C(CC(=O)OC)C1=O. The van der Waals surface area contributed by atoms with E-state index in [2.05, 4.69) is 4.74 Å². The molecule has 0 bridgehead atoms. The molecule has 15 heavy (non-hydrogen) atoms. The molecule has 1 amide bonds. The van der Waals surface area contributed by atoms with Gasteiger partial charge in [-0.2, -0.15) is 0 Å². The molecule has 86 valence electrons. The van der Waals surface area contributed by atoms with Gasteiger partial charge in [-0.3, -0.25) is 14.5 Å². The predicted molar refractivity (Wildman–Crippen MR) is 55.3 cm³/mol. The molecule has 1 aliphatic rings. The lowest BCUT2D eigenvalue weighted by Gasteiger charge is -2.37. The second-order valence-corrected chi connectivity index (χ2v) is 3.69. The summed E-state index contributed by atoms with van der Waals surface area (Å²) < 4.78 is 4.58. The molecule has 1 atom stereocenters. The van der Waals surface area contributed by atoms with Gasteiger partial charge >= 0.3 is 5.97 Å². The van der Waals surface area contributed by atoms with Crippen LogP contribution in [-0.2, 0) is 14.3 Å². The number of piperazine rings is 1. The van der Waals surface area contributed by atoms with E-state index in [1.165, 1.54) is 7.11 Å². The summed E-state index contributed by atoms with van der Waals surface area (Å²) in [6.07, 6.45) is 0.141. The Morgan fingerprint density at radius 2 is 2.20 bits per heavy atom. The Morgan fingerprint density at radius 1 is 1.53 bits per heavy atom. The number of rotatable bonds is 3. The Kier molecular flexibility index (Phi) is 4.08. The number of ether oxygens (including phenoxy) is 1. The second kappa shape index (κ2) is 5.11. The molecule has 0 aliphatic carbocycles. The highest BCUT2D eigenvalue weighted by molar-refractivity contribution is 5.87. The van der Waals surface area contributed by atoms with E-state index in [4.69, 9.17) is 0 Å². The minimum atomic E-state index is -0.355. The van der Waals surface area contributed by atoms with E-state index in [0.29, 0.717) is 6.54 Å². The molecule has 0 aromatic rings. The average molecular weight is 214 g/mol. The van der Waals surface area contributed by atoms with Gasteiger partial charge in [0.05, 0.1) is 19.6 Å². The number of carbonyl (C=O) groups is 2. The van der Waals surface area contributed by atoms with Crippen LogP contribution in [0, 0.1) is 0 Å². The third-order valence-electron chi connectivity index (χ3n) is 2.82. The van der Waals surface area contributed by atoms with Gasteiger partial charge in [0, 0.05) is 19.6 Å². The number of amides is 1. The third kappa shape index (κ3) is 2.68. The second-order valence-electron chi connectivity index (χ2n) is 3.69. The van der Waals surface area contributed by atoms with Crippen LogP contribution < -0.4 is 0 Å². The summed E-state index contributed by atoms with van der Waals surface area (Å²) >= 11 is 0. The average Bonchev–Trinajstić information content (AvgIpc) is 2.24. The van der Waals surface area contributed by atoms with E-state index in [-0.39, 0.29) is 24.3 Å². The van der Waals surface area contributed by atoms with Gasteiger partial charge in [-0.1, -0.05) is 0 Å². The molecule has 0 N–H and O–H groups in total. The summed E-state index contributed by atoms with van der Waals surface area (Å²) in [5.41, 5.74) is 0. The van der Waals surface area contributed by atoms with Crippen molar-refractivity contribution in [3.05, 3.63) is 0 Å². The van der Waals surface area contributed by atoms with E-state index in [1.807, 2.05) is 18.9 Å². The maximum atomic E-state index is 11.9. The minimum Gasteiger partial charge on any atom is -0.469 e. The molecule has 5 nitrogen and oxygen atoms in total. The lowest BCUT2D eigenvalue weighted by Crippen LogP contribution is -2.56. The molecular formula is C10H18N2O3. The number of hydrogen-bond acceptors (Lipinski definition) is 4. The van der Waals surface area contributed by atoms with Crippen molar-refractivity contribution in [3.63, 3.8) is 0 Å². The van der Waals surface area contributed by atoms with Crippen molar-refractivity contribution in [1.29, 1.82) is 0 Å². The number of methoxy groups -OCH3 is 1. The van der Waals surface area contributed by atoms with Crippen molar-refractivity contribution >= 4 is 11.9 Å². The molecule has 1 heterocycles. The van der Waals surface area contributed by atoms with Gasteiger partial charge in [0.1, 0.15) is 0 Å². The van der Waals surface area contributed by atoms with Crippen molar-refractivity contribution < 1.29 is 14.3 Å². The van der Waals surface area contributed by atoms with Crippen LogP contribution in [0.2, 0.25) is 0 Å². The molecule has 0 aromatic heterocycles. The topological polar surface area (TPSA) is 49.9 Å². The van der Waals surface area contributed by atoms with Crippen molar-refractivity contribution in [2.24, 2.45) is 0 Å². The fourth-order valence-electron chi connectivity index (χ4n) is 1.74. The first-order valence-electron chi connectivity index (χ1n) is 5.16. The molecule has 1 rings (SSSR count). The van der Waals surface area contributed by atoms with E-state index in [0.717, 1.165) is 13.1 Å². The smallest absolute Gasteiger partial charge is 0.307 e. The fraction of sp³-hybridized carbons (Fsp3) is 0.800. The summed E-state index contributed by atoms with van der Waals surface area (Å²) in [7, 11) is 3.20. The zero-order chi connectivity index (χ0) is 11.4. The largest absolute Gasteiger partial charge is 0.469 e. The van der Waals surface area contributed by atoms with E-state index < -0.39 is 0 Å².